The maximum Gasteiger partial charge on any atom is 0.0305 e. The smallest absolute Gasteiger partial charge is 0.0305 e. The quantitative estimate of drug-likeness (QED) is 0.880. The number of hydrogen-bond donors (Lipinski definition) is 1. The summed E-state index contributed by atoms with van der Waals surface area (Å²) in [6, 6.07) is 2.20. The van der Waals surface area contributed by atoms with Gasteiger partial charge in [-0.1, -0.05) is 12.8 Å². The molecule has 1 aromatic rings. The van der Waals surface area contributed by atoms with Crippen LogP contribution in [-0.2, 0) is 6.54 Å². The number of halogens is 1. The Balaban J connectivity index is 1.87. The molecule has 1 nitrogen and oxygen atoms in total. The lowest BCUT2D eigenvalue weighted by Gasteiger charge is -2.24. The van der Waals surface area contributed by atoms with Crippen LogP contribution in [0.5, 0.6) is 0 Å². The summed E-state index contributed by atoms with van der Waals surface area (Å²) in [6.07, 6.45) is 5.44. The second kappa shape index (κ2) is 4.33. The Morgan fingerprint density at radius 1 is 1.50 bits per heavy atom. The van der Waals surface area contributed by atoms with Gasteiger partial charge in [0, 0.05) is 26.8 Å². The van der Waals surface area contributed by atoms with Gasteiger partial charge >= 0.3 is 0 Å². The molecule has 0 saturated heterocycles. The Labute approximate surface area is 98.0 Å². The molecule has 0 unspecified atom stereocenters. The summed E-state index contributed by atoms with van der Waals surface area (Å²) in [5.74, 6) is 0. The van der Waals surface area contributed by atoms with Gasteiger partial charge in [0.25, 0.3) is 0 Å². The molecule has 1 aliphatic carbocycles. The van der Waals surface area contributed by atoms with E-state index in [-0.39, 0.29) is 0 Å². The summed E-state index contributed by atoms with van der Waals surface area (Å²) in [7, 11) is 0. The SMILES string of the molecule is CC1(NCc2cc(Br)cs2)CCCC1. The molecule has 3 heteroatoms. The Hall–Kier alpha value is 0.140. The monoisotopic (exact) mass is 273 g/mol. The van der Waals surface area contributed by atoms with Crippen molar-refractivity contribution in [3.63, 3.8) is 0 Å². The molecule has 1 N–H and O–H groups in total. The van der Waals surface area contributed by atoms with E-state index in [4.69, 9.17) is 0 Å². The first-order chi connectivity index (χ1) is 6.68. The molecule has 1 heterocycles. The fourth-order valence-electron chi connectivity index (χ4n) is 2.08. The normalized spacial score (nSPS) is 20.1. The van der Waals surface area contributed by atoms with E-state index in [0.29, 0.717) is 5.54 Å². The average molecular weight is 274 g/mol. The van der Waals surface area contributed by atoms with Crippen LogP contribution in [0.3, 0.4) is 0 Å². The highest BCUT2D eigenvalue weighted by molar-refractivity contribution is 9.10. The van der Waals surface area contributed by atoms with E-state index < -0.39 is 0 Å². The molecular weight excluding hydrogens is 258 g/mol. The van der Waals surface area contributed by atoms with Crippen LogP contribution in [0.4, 0.5) is 0 Å². The third-order valence-corrected chi connectivity index (χ3v) is 4.72. The van der Waals surface area contributed by atoms with Gasteiger partial charge < -0.3 is 5.32 Å². The van der Waals surface area contributed by atoms with Gasteiger partial charge in [0.1, 0.15) is 0 Å². The van der Waals surface area contributed by atoms with E-state index in [1.54, 1.807) is 0 Å². The fourth-order valence-corrected chi connectivity index (χ4v) is 3.47. The van der Waals surface area contributed by atoms with E-state index >= 15 is 0 Å². The Kier molecular flexibility index (Phi) is 3.30. The van der Waals surface area contributed by atoms with Crippen molar-refractivity contribution in [2.45, 2.75) is 44.7 Å². The first-order valence-electron chi connectivity index (χ1n) is 5.16. The highest BCUT2D eigenvalue weighted by Crippen LogP contribution is 2.29. The summed E-state index contributed by atoms with van der Waals surface area (Å²) in [5.41, 5.74) is 0.399. The highest BCUT2D eigenvalue weighted by atomic mass is 79.9. The summed E-state index contributed by atoms with van der Waals surface area (Å²) >= 11 is 5.30. The molecule has 14 heavy (non-hydrogen) atoms. The van der Waals surface area contributed by atoms with Gasteiger partial charge in [-0.3, -0.25) is 0 Å². The largest absolute Gasteiger partial charge is 0.307 e. The molecule has 0 atom stereocenters. The van der Waals surface area contributed by atoms with Gasteiger partial charge in [-0.2, -0.15) is 0 Å². The number of hydrogen-bond acceptors (Lipinski definition) is 2. The van der Waals surface area contributed by atoms with Gasteiger partial charge in [0.05, 0.1) is 0 Å². The zero-order valence-electron chi connectivity index (χ0n) is 8.48. The molecule has 78 valence electrons. The lowest BCUT2D eigenvalue weighted by Crippen LogP contribution is -2.38. The van der Waals surface area contributed by atoms with Crippen molar-refractivity contribution in [1.29, 1.82) is 0 Å². The highest BCUT2D eigenvalue weighted by Gasteiger charge is 2.27. The van der Waals surface area contributed by atoms with Crippen molar-refractivity contribution in [2.75, 3.05) is 0 Å². The minimum atomic E-state index is 0.399. The van der Waals surface area contributed by atoms with E-state index in [2.05, 4.69) is 39.6 Å². The Morgan fingerprint density at radius 2 is 2.21 bits per heavy atom. The number of rotatable bonds is 3. The van der Waals surface area contributed by atoms with Gasteiger partial charge in [0.2, 0.25) is 0 Å². The zero-order chi connectivity index (χ0) is 10.0. The second-order valence-electron chi connectivity index (χ2n) is 4.35. The third kappa shape index (κ3) is 2.59. The fraction of sp³-hybridized carbons (Fsp3) is 0.636. The first kappa shape index (κ1) is 10.7. The molecule has 0 aliphatic heterocycles. The molecule has 0 spiro atoms. The van der Waals surface area contributed by atoms with Crippen molar-refractivity contribution in [1.82, 2.24) is 5.32 Å². The zero-order valence-corrected chi connectivity index (χ0v) is 10.9. The molecule has 1 aliphatic rings. The van der Waals surface area contributed by atoms with Crippen LogP contribution < -0.4 is 5.32 Å². The van der Waals surface area contributed by atoms with Crippen LogP contribution in [0, 0.1) is 0 Å². The van der Waals surface area contributed by atoms with E-state index in [9.17, 15) is 0 Å². The summed E-state index contributed by atoms with van der Waals surface area (Å²) in [6.45, 7) is 3.37. The van der Waals surface area contributed by atoms with E-state index in [1.165, 1.54) is 35.0 Å². The predicted molar refractivity (Wildman–Crippen MR) is 65.7 cm³/mol. The van der Waals surface area contributed by atoms with Gasteiger partial charge in [0.15, 0.2) is 0 Å². The van der Waals surface area contributed by atoms with E-state index in [1.807, 2.05) is 11.3 Å². The van der Waals surface area contributed by atoms with Crippen LogP contribution in [0.25, 0.3) is 0 Å². The molecule has 1 fully saturated rings. The van der Waals surface area contributed by atoms with Crippen molar-refractivity contribution in [3.05, 3.63) is 20.8 Å². The summed E-state index contributed by atoms with van der Waals surface area (Å²) in [5, 5.41) is 5.82. The molecule has 0 aromatic carbocycles. The number of nitrogens with one attached hydrogen (secondary N) is 1. The standard InChI is InChI=1S/C11H16BrNS/c1-11(4-2-3-5-11)13-7-10-6-9(12)8-14-10/h6,8,13H,2-5,7H2,1H3. The maximum atomic E-state index is 3.68. The van der Waals surface area contributed by atoms with Crippen molar-refractivity contribution < 1.29 is 0 Å². The molecule has 0 radical (unpaired) electrons. The molecular formula is C11H16BrNS. The predicted octanol–water partition coefficient (Wildman–Crippen LogP) is 3.93. The van der Waals surface area contributed by atoms with Crippen LogP contribution in [0.2, 0.25) is 0 Å². The van der Waals surface area contributed by atoms with Crippen LogP contribution in [-0.4, -0.2) is 5.54 Å². The van der Waals surface area contributed by atoms with Crippen LogP contribution >= 0.6 is 27.3 Å². The van der Waals surface area contributed by atoms with Crippen molar-refractivity contribution >= 4 is 27.3 Å². The minimum absolute atomic E-state index is 0.399. The number of thiophene rings is 1. The van der Waals surface area contributed by atoms with Crippen LogP contribution in [0.1, 0.15) is 37.5 Å². The summed E-state index contributed by atoms with van der Waals surface area (Å²) < 4.78 is 1.20. The second-order valence-corrected chi connectivity index (χ2v) is 6.26. The van der Waals surface area contributed by atoms with Gasteiger partial charge in [-0.05, 0) is 41.8 Å². The van der Waals surface area contributed by atoms with Gasteiger partial charge in [-0.15, -0.1) is 11.3 Å². The Bertz CT molecular complexity index is 302. The van der Waals surface area contributed by atoms with E-state index in [0.717, 1.165) is 6.54 Å². The van der Waals surface area contributed by atoms with Gasteiger partial charge in [-0.25, -0.2) is 0 Å². The third-order valence-electron chi connectivity index (χ3n) is 3.02. The first-order valence-corrected chi connectivity index (χ1v) is 6.83. The Morgan fingerprint density at radius 3 is 2.79 bits per heavy atom. The molecule has 1 aromatic heterocycles. The minimum Gasteiger partial charge on any atom is -0.307 e. The molecule has 0 bridgehead atoms. The van der Waals surface area contributed by atoms with Crippen LogP contribution in [0.15, 0.2) is 15.9 Å². The maximum absolute atomic E-state index is 3.68. The van der Waals surface area contributed by atoms with Crippen molar-refractivity contribution in [2.24, 2.45) is 0 Å². The topological polar surface area (TPSA) is 12.0 Å². The lowest BCUT2D eigenvalue weighted by molar-refractivity contribution is 0.364. The molecule has 1 saturated carbocycles. The molecule has 2 rings (SSSR count). The average Bonchev–Trinajstić information content (AvgIpc) is 2.73. The summed E-state index contributed by atoms with van der Waals surface area (Å²) in [4.78, 5) is 1.42. The molecule has 0 amide bonds. The lowest BCUT2D eigenvalue weighted by atomic mass is 10.0. The van der Waals surface area contributed by atoms with Crippen molar-refractivity contribution in [3.8, 4) is 0 Å².